The van der Waals surface area contributed by atoms with Gasteiger partial charge in [-0.3, -0.25) is 0 Å². The Morgan fingerprint density at radius 3 is 2.24 bits per heavy atom. The summed E-state index contributed by atoms with van der Waals surface area (Å²) in [7, 11) is 0.0320. The average Bonchev–Trinajstić information content (AvgIpc) is 2.40. The lowest BCUT2D eigenvalue weighted by atomic mass is 10.0. The highest BCUT2D eigenvalue weighted by atomic mass is 32.2. The smallest absolute Gasteiger partial charge is 0.243 e. The second-order valence-corrected chi connectivity index (χ2v) is 8.15. The third kappa shape index (κ3) is 3.65. The van der Waals surface area contributed by atoms with Gasteiger partial charge in [0.15, 0.2) is 0 Å². The monoisotopic (exact) mass is 312 g/mol. The van der Waals surface area contributed by atoms with Gasteiger partial charge in [-0.25, -0.2) is 8.42 Å². The number of rotatable bonds is 6. The first-order chi connectivity index (χ1) is 9.57. The summed E-state index contributed by atoms with van der Waals surface area (Å²) in [5.74, 6) is 0. The molecule has 0 unspecified atom stereocenters. The molecule has 5 heteroatoms. The fourth-order valence-electron chi connectivity index (χ4n) is 2.23. The van der Waals surface area contributed by atoms with E-state index in [1.807, 2.05) is 47.7 Å². The van der Waals surface area contributed by atoms with Gasteiger partial charge in [0.25, 0.3) is 0 Å². The van der Waals surface area contributed by atoms with Crippen molar-refractivity contribution < 1.29 is 8.42 Å². The van der Waals surface area contributed by atoms with Gasteiger partial charge in [-0.1, -0.05) is 13.0 Å². The van der Waals surface area contributed by atoms with Crippen molar-refractivity contribution >= 4 is 10.0 Å². The first kappa shape index (κ1) is 18.1. The summed E-state index contributed by atoms with van der Waals surface area (Å²) in [6, 6.07) is 3.76. The Morgan fingerprint density at radius 2 is 1.76 bits per heavy atom. The van der Waals surface area contributed by atoms with Crippen LogP contribution < -0.4 is 5.32 Å². The maximum absolute atomic E-state index is 12.9. The van der Waals surface area contributed by atoms with Gasteiger partial charge in [0, 0.05) is 19.1 Å². The van der Waals surface area contributed by atoms with E-state index in [0.29, 0.717) is 11.4 Å². The molecule has 0 radical (unpaired) electrons. The quantitative estimate of drug-likeness (QED) is 0.879. The van der Waals surface area contributed by atoms with Gasteiger partial charge in [-0.2, -0.15) is 4.31 Å². The third-order valence-corrected chi connectivity index (χ3v) is 6.57. The largest absolute Gasteiger partial charge is 0.316 e. The van der Waals surface area contributed by atoms with Crippen LogP contribution in [0, 0.1) is 13.8 Å². The summed E-state index contributed by atoms with van der Waals surface area (Å²) in [4.78, 5) is 0.405. The molecule has 1 N–H and O–H groups in total. The molecule has 21 heavy (non-hydrogen) atoms. The Hall–Kier alpha value is -0.910. The zero-order chi connectivity index (χ0) is 16.4. The van der Waals surface area contributed by atoms with Crippen molar-refractivity contribution in [3.8, 4) is 0 Å². The van der Waals surface area contributed by atoms with Gasteiger partial charge in [0.05, 0.1) is 4.90 Å². The zero-order valence-electron chi connectivity index (χ0n) is 14.2. The van der Waals surface area contributed by atoms with Crippen LogP contribution in [0.4, 0.5) is 0 Å². The predicted octanol–water partition coefficient (Wildman–Crippen LogP) is 2.83. The van der Waals surface area contributed by atoms with Crippen LogP contribution in [-0.4, -0.2) is 32.4 Å². The van der Waals surface area contributed by atoms with E-state index < -0.39 is 15.6 Å². The Kier molecular flexibility index (Phi) is 5.58. The molecule has 120 valence electrons. The lowest BCUT2D eigenvalue weighted by Gasteiger charge is -2.34. The summed E-state index contributed by atoms with van der Waals surface area (Å²) >= 11 is 0. The molecule has 0 aliphatic rings. The standard InChI is InChI=1S/C16H28N2O2S/c1-8-16(4,5)18(7)21(19,20)15-10-14(11-17-6)12(2)9-13(15)3/h9-10,17H,8,11H2,1-7H3. The van der Waals surface area contributed by atoms with E-state index in [1.54, 1.807) is 13.1 Å². The molecule has 0 heterocycles. The van der Waals surface area contributed by atoms with Crippen LogP contribution in [0.2, 0.25) is 0 Å². The van der Waals surface area contributed by atoms with Gasteiger partial charge in [-0.05, 0) is 63.9 Å². The molecule has 0 saturated carbocycles. The van der Waals surface area contributed by atoms with E-state index in [4.69, 9.17) is 0 Å². The Bertz CT molecular complexity index is 607. The third-order valence-electron chi connectivity index (χ3n) is 4.36. The van der Waals surface area contributed by atoms with Crippen LogP contribution in [-0.2, 0) is 16.6 Å². The molecular weight excluding hydrogens is 284 g/mol. The molecule has 1 rings (SSSR count). The Balaban J connectivity index is 3.41. The fraction of sp³-hybridized carbons (Fsp3) is 0.625. The van der Waals surface area contributed by atoms with Gasteiger partial charge in [0.2, 0.25) is 10.0 Å². The molecule has 0 aromatic heterocycles. The molecule has 0 aliphatic heterocycles. The zero-order valence-corrected chi connectivity index (χ0v) is 15.1. The number of hydrogen-bond acceptors (Lipinski definition) is 3. The predicted molar refractivity (Wildman–Crippen MR) is 88.0 cm³/mol. The number of nitrogens with one attached hydrogen (secondary N) is 1. The molecular formula is C16H28N2O2S. The maximum Gasteiger partial charge on any atom is 0.243 e. The van der Waals surface area contributed by atoms with E-state index in [9.17, 15) is 8.42 Å². The number of aryl methyl sites for hydroxylation is 2. The highest BCUT2D eigenvalue weighted by Crippen LogP contribution is 2.28. The van der Waals surface area contributed by atoms with Crippen molar-refractivity contribution in [2.45, 2.75) is 58.0 Å². The number of benzene rings is 1. The highest BCUT2D eigenvalue weighted by molar-refractivity contribution is 7.89. The van der Waals surface area contributed by atoms with Crippen LogP contribution in [0.15, 0.2) is 17.0 Å². The van der Waals surface area contributed by atoms with Crippen LogP contribution in [0.1, 0.15) is 43.9 Å². The molecule has 1 aromatic rings. The average molecular weight is 312 g/mol. The molecule has 0 saturated heterocycles. The fourth-order valence-corrected chi connectivity index (χ4v) is 4.06. The van der Waals surface area contributed by atoms with Gasteiger partial charge in [0.1, 0.15) is 0 Å². The normalized spacial score (nSPS) is 13.0. The second-order valence-electron chi connectivity index (χ2n) is 6.21. The van der Waals surface area contributed by atoms with E-state index >= 15 is 0 Å². The summed E-state index contributed by atoms with van der Waals surface area (Å²) in [5, 5.41) is 3.09. The molecule has 0 fully saturated rings. The minimum atomic E-state index is -3.49. The van der Waals surface area contributed by atoms with Crippen molar-refractivity contribution in [1.29, 1.82) is 0 Å². The molecule has 4 nitrogen and oxygen atoms in total. The molecule has 0 amide bonds. The van der Waals surface area contributed by atoms with Crippen LogP contribution in [0.3, 0.4) is 0 Å². The van der Waals surface area contributed by atoms with Crippen molar-refractivity contribution in [3.05, 3.63) is 28.8 Å². The van der Waals surface area contributed by atoms with Crippen LogP contribution in [0.25, 0.3) is 0 Å². The minimum absolute atomic E-state index is 0.403. The summed E-state index contributed by atoms with van der Waals surface area (Å²) < 4.78 is 27.4. The second kappa shape index (κ2) is 6.46. The van der Waals surface area contributed by atoms with Crippen molar-refractivity contribution in [2.24, 2.45) is 0 Å². The first-order valence-electron chi connectivity index (χ1n) is 7.31. The topological polar surface area (TPSA) is 49.4 Å². The number of hydrogen-bond donors (Lipinski definition) is 1. The SMILES string of the molecule is CCC(C)(C)N(C)S(=O)(=O)c1cc(CNC)c(C)cc1C. The van der Waals surface area contributed by atoms with E-state index in [2.05, 4.69) is 5.32 Å². The highest BCUT2D eigenvalue weighted by Gasteiger charge is 2.33. The molecule has 0 aliphatic carbocycles. The Labute approximate surface area is 129 Å². The molecule has 0 spiro atoms. The lowest BCUT2D eigenvalue weighted by molar-refractivity contribution is 0.257. The van der Waals surface area contributed by atoms with Gasteiger partial charge in [-0.15, -0.1) is 0 Å². The Morgan fingerprint density at radius 1 is 1.19 bits per heavy atom. The molecule has 1 aromatic carbocycles. The van der Waals surface area contributed by atoms with Crippen LogP contribution >= 0.6 is 0 Å². The number of sulfonamides is 1. The van der Waals surface area contributed by atoms with Crippen LogP contribution in [0.5, 0.6) is 0 Å². The summed E-state index contributed by atoms with van der Waals surface area (Å²) in [6.07, 6.45) is 0.761. The lowest BCUT2D eigenvalue weighted by Crippen LogP contribution is -2.44. The summed E-state index contributed by atoms with van der Waals surface area (Å²) in [6.45, 7) is 10.4. The van der Waals surface area contributed by atoms with E-state index in [-0.39, 0.29) is 0 Å². The number of nitrogens with zero attached hydrogens (tertiary/aromatic N) is 1. The van der Waals surface area contributed by atoms with E-state index in [0.717, 1.165) is 23.1 Å². The molecule has 0 atom stereocenters. The summed E-state index contributed by atoms with van der Waals surface area (Å²) in [5.41, 5.74) is 2.52. The van der Waals surface area contributed by atoms with Gasteiger partial charge < -0.3 is 5.32 Å². The van der Waals surface area contributed by atoms with Crippen molar-refractivity contribution in [2.75, 3.05) is 14.1 Å². The first-order valence-corrected chi connectivity index (χ1v) is 8.75. The van der Waals surface area contributed by atoms with Crippen molar-refractivity contribution in [3.63, 3.8) is 0 Å². The van der Waals surface area contributed by atoms with Gasteiger partial charge >= 0.3 is 0 Å². The van der Waals surface area contributed by atoms with E-state index in [1.165, 1.54) is 4.31 Å². The molecule has 0 bridgehead atoms. The minimum Gasteiger partial charge on any atom is -0.316 e. The maximum atomic E-state index is 12.9. The van der Waals surface area contributed by atoms with Crippen molar-refractivity contribution in [1.82, 2.24) is 9.62 Å².